The topological polar surface area (TPSA) is 37.3 Å². The maximum absolute atomic E-state index is 12.8. The Bertz CT molecular complexity index is 466. The summed E-state index contributed by atoms with van der Waals surface area (Å²) in [6.45, 7) is 0. The van der Waals surface area contributed by atoms with Crippen molar-refractivity contribution in [2.24, 2.45) is 11.8 Å². The van der Waals surface area contributed by atoms with Crippen LogP contribution in [0.3, 0.4) is 0 Å². The number of aliphatic hydroxyl groups excluding tert-OH is 1. The number of aliphatic hydroxyl groups is 1. The van der Waals surface area contributed by atoms with E-state index in [1.54, 1.807) is 0 Å². The minimum Gasteiger partial charge on any atom is -0.393 e. The molecule has 0 heterocycles. The lowest BCUT2D eigenvalue weighted by Gasteiger charge is -2.33. The molecule has 3 atom stereocenters. The molecule has 19 heavy (non-hydrogen) atoms. The van der Waals surface area contributed by atoms with Gasteiger partial charge < -0.3 is 5.11 Å². The van der Waals surface area contributed by atoms with Crippen LogP contribution >= 0.6 is 0 Å². The molecule has 0 aromatic heterocycles. The van der Waals surface area contributed by atoms with E-state index in [1.807, 2.05) is 18.2 Å². The molecule has 0 saturated heterocycles. The van der Waals surface area contributed by atoms with Crippen LogP contribution in [-0.2, 0) is 6.42 Å². The van der Waals surface area contributed by atoms with Crippen molar-refractivity contribution in [3.63, 3.8) is 0 Å². The maximum atomic E-state index is 12.8. The average molecular weight is 258 g/mol. The number of fused-ring (bicyclic) bond motifs is 1. The van der Waals surface area contributed by atoms with Gasteiger partial charge in [-0.25, -0.2) is 0 Å². The molecule has 1 aromatic rings. The highest BCUT2D eigenvalue weighted by molar-refractivity contribution is 5.99. The van der Waals surface area contributed by atoms with Crippen molar-refractivity contribution in [1.82, 2.24) is 0 Å². The Labute approximate surface area is 114 Å². The second-order valence-electron chi connectivity index (χ2n) is 6.04. The molecular weight excluding hydrogens is 236 g/mol. The molecule has 2 nitrogen and oxygen atoms in total. The molecule has 2 heteroatoms. The lowest BCUT2D eigenvalue weighted by atomic mass is 9.74. The van der Waals surface area contributed by atoms with E-state index in [9.17, 15) is 9.90 Å². The third-order valence-corrected chi connectivity index (χ3v) is 4.88. The molecule has 0 spiro atoms. The quantitative estimate of drug-likeness (QED) is 0.784. The molecule has 1 aromatic carbocycles. The lowest BCUT2D eigenvalue weighted by Crippen LogP contribution is -2.35. The SMILES string of the molecule is O=C1c2ccccc2CCCC1C1CCCCC1O. The number of hydrogen-bond donors (Lipinski definition) is 1. The summed E-state index contributed by atoms with van der Waals surface area (Å²) in [6.07, 6.45) is 6.89. The first-order valence-corrected chi connectivity index (χ1v) is 7.57. The molecule has 1 saturated carbocycles. The predicted molar refractivity (Wildman–Crippen MR) is 75.2 cm³/mol. The Kier molecular flexibility index (Phi) is 3.69. The first-order valence-electron chi connectivity index (χ1n) is 7.57. The van der Waals surface area contributed by atoms with Gasteiger partial charge in [0.15, 0.2) is 5.78 Å². The summed E-state index contributed by atoms with van der Waals surface area (Å²) in [5.74, 6) is 0.505. The van der Waals surface area contributed by atoms with Gasteiger partial charge in [0.1, 0.15) is 0 Å². The highest BCUT2D eigenvalue weighted by Gasteiger charge is 2.36. The summed E-state index contributed by atoms with van der Waals surface area (Å²) in [5, 5.41) is 10.2. The van der Waals surface area contributed by atoms with E-state index < -0.39 is 0 Å². The monoisotopic (exact) mass is 258 g/mol. The highest BCUT2D eigenvalue weighted by Crippen LogP contribution is 2.37. The zero-order chi connectivity index (χ0) is 13.2. The molecule has 3 unspecified atom stereocenters. The Morgan fingerprint density at radius 3 is 2.63 bits per heavy atom. The highest BCUT2D eigenvalue weighted by atomic mass is 16.3. The van der Waals surface area contributed by atoms with Crippen molar-refractivity contribution in [2.75, 3.05) is 0 Å². The smallest absolute Gasteiger partial charge is 0.166 e. The summed E-state index contributed by atoms with van der Waals surface area (Å²) in [6, 6.07) is 8.01. The van der Waals surface area contributed by atoms with Crippen LogP contribution in [0.4, 0.5) is 0 Å². The van der Waals surface area contributed by atoms with Crippen LogP contribution in [0.15, 0.2) is 24.3 Å². The van der Waals surface area contributed by atoms with Gasteiger partial charge in [0, 0.05) is 11.5 Å². The van der Waals surface area contributed by atoms with E-state index >= 15 is 0 Å². The van der Waals surface area contributed by atoms with Gasteiger partial charge in [0.2, 0.25) is 0 Å². The van der Waals surface area contributed by atoms with Crippen molar-refractivity contribution in [3.8, 4) is 0 Å². The van der Waals surface area contributed by atoms with E-state index in [0.29, 0.717) is 0 Å². The van der Waals surface area contributed by atoms with Crippen LogP contribution in [0.2, 0.25) is 0 Å². The summed E-state index contributed by atoms with van der Waals surface area (Å²) in [4.78, 5) is 12.8. The second kappa shape index (κ2) is 5.46. The minimum atomic E-state index is -0.270. The fourth-order valence-corrected chi connectivity index (χ4v) is 3.84. The maximum Gasteiger partial charge on any atom is 0.166 e. The van der Waals surface area contributed by atoms with E-state index in [4.69, 9.17) is 0 Å². The normalized spacial score (nSPS) is 31.6. The summed E-state index contributed by atoms with van der Waals surface area (Å²) >= 11 is 0. The van der Waals surface area contributed by atoms with Crippen molar-refractivity contribution in [2.45, 2.75) is 51.0 Å². The number of benzene rings is 1. The minimum absolute atomic E-state index is 0.0407. The fourth-order valence-electron chi connectivity index (χ4n) is 3.84. The zero-order valence-electron chi connectivity index (χ0n) is 11.3. The summed E-state index contributed by atoms with van der Waals surface area (Å²) < 4.78 is 0. The molecule has 1 N–H and O–H groups in total. The predicted octanol–water partition coefficient (Wildman–Crippen LogP) is 3.37. The first-order chi connectivity index (χ1) is 9.27. The van der Waals surface area contributed by atoms with Crippen LogP contribution < -0.4 is 0 Å². The van der Waals surface area contributed by atoms with E-state index in [2.05, 4.69) is 6.07 Å². The Morgan fingerprint density at radius 2 is 1.79 bits per heavy atom. The van der Waals surface area contributed by atoms with Crippen LogP contribution in [-0.4, -0.2) is 17.0 Å². The number of ketones is 1. The molecule has 2 aliphatic carbocycles. The van der Waals surface area contributed by atoms with Crippen LogP contribution in [0, 0.1) is 11.8 Å². The van der Waals surface area contributed by atoms with Crippen LogP contribution in [0.25, 0.3) is 0 Å². The van der Waals surface area contributed by atoms with Crippen molar-refractivity contribution in [3.05, 3.63) is 35.4 Å². The molecular formula is C17H22O2. The van der Waals surface area contributed by atoms with Crippen molar-refractivity contribution in [1.29, 1.82) is 0 Å². The average Bonchev–Trinajstić information content (AvgIpc) is 2.60. The molecule has 0 radical (unpaired) electrons. The van der Waals surface area contributed by atoms with Crippen LogP contribution in [0.1, 0.15) is 54.4 Å². The van der Waals surface area contributed by atoms with Gasteiger partial charge in [-0.1, -0.05) is 37.1 Å². The standard InChI is InChI=1S/C17H22O2/c18-16-11-4-3-9-14(16)15-10-5-7-12-6-1-2-8-13(12)17(15)19/h1-2,6,8,14-16,18H,3-5,7,9-11H2. The van der Waals surface area contributed by atoms with Gasteiger partial charge >= 0.3 is 0 Å². The van der Waals surface area contributed by atoms with E-state index in [1.165, 1.54) is 5.56 Å². The summed E-state index contributed by atoms with van der Waals surface area (Å²) in [5.41, 5.74) is 2.10. The Morgan fingerprint density at radius 1 is 1.00 bits per heavy atom. The van der Waals surface area contributed by atoms with Gasteiger partial charge in [-0.15, -0.1) is 0 Å². The third kappa shape index (κ3) is 2.46. The first kappa shape index (κ1) is 12.9. The Balaban J connectivity index is 1.89. The molecule has 3 rings (SSSR count). The molecule has 102 valence electrons. The van der Waals surface area contributed by atoms with Crippen LogP contribution in [0.5, 0.6) is 0 Å². The van der Waals surface area contributed by atoms with Crippen molar-refractivity contribution >= 4 is 5.78 Å². The number of carbonyl (C=O) groups excluding carboxylic acids is 1. The van der Waals surface area contributed by atoms with Gasteiger partial charge in [0.25, 0.3) is 0 Å². The summed E-state index contributed by atoms with van der Waals surface area (Å²) in [7, 11) is 0. The number of carbonyl (C=O) groups is 1. The molecule has 0 bridgehead atoms. The fraction of sp³-hybridized carbons (Fsp3) is 0.588. The number of aryl methyl sites for hydroxylation is 1. The van der Waals surface area contributed by atoms with Crippen molar-refractivity contribution < 1.29 is 9.90 Å². The molecule has 1 fully saturated rings. The van der Waals surface area contributed by atoms with Gasteiger partial charge in [-0.3, -0.25) is 4.79 Å². The number of hydrogen-bond acceptors (Lipinski definition) is 2. The number of rotatable bonds is 1. The molecule has 0 amide bonds. The molecule has 2 aliphatic rings. The zero-order valence-corrected chi connectivity index (χ0v) is 11.3. The Hall–Kier alpha value is -1.15. The van der Waals surface area contributed by atoms with E-state index in [-0.39, 0.29) is 23.7 Å². The largest absolute Gasteiger partial charge is 0.393 e. The van der Waals surface area contributed by atoms with Gasteiger partial charge in [0.05, 0.1) is 6.10 Å². The second-order valence-corrected chi connectivity index (χ2v) is 6.04. The molecule has 0 aliphatic heterocycles. The van der Waals surface area contributed by atoms with Gasteiger partial charge in [-0.2, -0.15) is 0 Å². The third-order valence-electron chi connectivity index (χ3n) is 4.88. The number of Topliss-reactive ketones (excluding diaryl/α,β-unsaturated/α-hetero) is 1. The van der Waals surface area contributed by atoms with Gasteiger partial charge in [-0.05, 0) is 43.6 Å². The lowest BCUT2D eigenvalue weighted by molar-refractivity contribution is 0.0317. The van der Waals surface area contributed by atoms with E-state index in [0.717, 1.165) is 50.5 Å².